The lowest BCUT2D eigenvalue weighted by Gasteiger charge is -2.16. The van der Waals surface area contributed by atoms with Crippen molar-refractivity contribution < 1.29 is 4.74 Å². The van der Waals surface area contributed by atoms with Crippen LogP contribution in [-0.2, 0) is 12.8 Å². The van der Waals surface area contributed by atoms with Crippen LogP contribution in [0.3, 0.4) is 0 Å². The molecule has 1 heterocycles. The van der Waals surface area contributed by atoms with Crippen molar-refractivity contribution in [3.63, 3.8) is 0 Å². The molecule has 104 valence electrons. The molecule has 0 radical (unpaired) electrons. The summed E-state index contributed by atoms with van der Waals surface area (Å²) in [7, 11) is 0. The molecule has 0 bridgehead atoms. The van der Waals surface area contributed by atoms with Gasteiger partial charge in [0.15, 0.2) is 0 Å². The van der Waals surface area contributed by atoms with Crippen LogP contribution in [0, 0.1) is 5.92 Å². The van der Waals surface area contributed by atoms with E-state index in [0.717, 1.165) is 43.7 Å². The third-order valence-electron chi connectivity index (χ3n) is 4.41. The molecule has 0 spiro atoms. The summed E-state index contributed by atoms with van der Waals surface area (Å²) >= 11 is 0. The molecule has 1 aliphatic carbocycles. The van der Waals surface area contributed by atoms with Crippen LogP contribution in [-0.4, -0.2) is 19.2 Å². The summed E-state index contributed by atoms with van der Waals surface area (Å²) in [5, 5.41) is 3.73. The highest BCUT2D eigenvalue weighted by Crippen LogP contribution is 2.34. The minimum absolute atomic E-state index is 0.727. The maximum absolute atomic E-state index is 5.55. The second-order valence-corrected chi connectivity index (χ2v) is 6.03. The molecule has 2 aliphatic rings. The molecule has 1 unspecified atom stereocenters. The second-order valence-electron chi connectivity index (χ2n) is 6.03. The number of hydrogen-bond donors (Lipinski definition) is 1. The lowest BCUT2D eigenvalue weighted by Crippen LogP contribution is -2.30. The van der Waals surface area contributed by atoms with Gasteiger partial charge in [-0.3, -0.25) is 0 Å². The highest BCUT2D eigenvalue weighted by molar-refractivity contribution is 5.39. The Morgan fingerprint density at radius 3 is 3.05 bits per heavy atom. The van der Waals surface area contributed by atoms with Gasteiger partial charge in [-0.25, -0.2) is 0 Å². The zero-order valence-electron chi connectivity index (χ0n) is 12.0. The van der Waals surface area contributed by atoms with Crippen LogP contribution in [0.1, 0.15) is 43.7 Å². The van der Waals surface area contributed by atoms with E-state index < -0.39 is 0 Å². The maximum Gasteiger partial charge on any atom is 0.122 e. The van der Waals surface area contributed by atoms with Crippen LogP contribution in [0.5, 0.6) is 5.75 Å². The van der Waals surface area contributed by atoms with Crippen LogP contribution < -0.4 is 10.1 Å². The van der Waals surface area contributed by atoms with Crippen molar-refractivity contribution in [3.05, 3.63) is 29.3 Å². The Kier molecular flexibility index (Phi) is 4.07. The molecular formula is C17H25NO. The number of benzene rings is 1. The molecule has 1 aromatic carbocycles. The topological polar surface area (TPSA) is 21.3 Å². The summed E-state index contributed by atoms with van der Waals surface area (Å²) in [5.74, 6) is 2.12. The fraction of sp³-hybridized carbons (Fsp3) is 0.647. The van der Waals surface area contributed by atoms with E-state index in [2.05, 4.69) is 30.4 Å². The average Bonchev–Trinajstić information content (AvgIpc) is 3.12. The molecule has 1 N–H and O–H groups in total. The van der Waals surface area contributed by atoms with Crippen molar-refractivity contribution in [2.45, 2.75) is 51.5 Å². The molecule has 0 amide bonds. The Bertz CT molecular complexity index is 425. The van der Waals surface area contributed by atoms with E-state index in [1.807, 2.05) is 0 Å². The minimum Gasteiger partial charge on any atom is -0.493 e. The summed E-state index contributed by atoms with van der Waals surface area (Å²) in [5.41, 5.74) is 2.83. The van der Waals surface area contributed by atoms with Crippen molar-refractivity contribution >= 4 is 0 Å². The van der Waals surface area contributed by atoms with Crippen LogP contribution in [0.15, 0.2) is 18.2 Å². The molecule has 1 atom stereocenters. The lowest BCUT2D eigenvalue weighted by atomic mass is 10.0. The minimum atomic E-state index is 0.727. The third kappa shape index (κ3) is 3.50. The molecule has 1 saturated carbocycles. The quantitative estimate of drug-likeness (QED) is 0.811. The van der Waals surface area contributed by atoms with Crippen LogP contribution in [0.25, 0.3) is 0 Å². The highest BCUT2D eigenvalue weighted by Gasteiger charge is 2.24. The lowest BCUT2D eigenvalue weighted by molar-refractivity contribution is 0.357. The van der Waals surface area contributed by atoms with Gasteiger partial charge in [0.05, 0.1) is 6.61 Å². The zero-order valence-corrected chi connectivity index (χ0v) is 12.0. The number of rotatable bonds is 7. The first-order valence-corrected chi connectivity index (χ1v) is 7.83. The number of ether oxygens (including phenoxy) is 1. The SMILES string of the molecule is CCC(CC1CC1)NCCc1ccc2c(c1)CCO2. The van der Waals surface area contributed by atoms with E-state index in [1.165, 1.54) is 36.8 Å². The average molecular weight is 259 g/mol. The van der Waals surface area contributed by atoms with E-state index in [0.29, 0.717) is 0 Å². The molecule has 3 rings (SSSR count). The van der Waals surface area contributed by atoms with Crippen molar-refractivity contribution in [3.8, 4) is 5.75 Å². The monoisotopic (exact) mass is 259 g/mol. The van der Waals surface area contributed by atoms with Gasteiger partial charge in [-0.15, -0.1) is 0 Å². The van der Waals surface area contributed by atoms with Gasteiger partial charge in [-0.2, -0.15) is 0 Å². The first-order chi connectivity index (χ1) is 9.35. The Balaban J connectivity index is 1.46. The largest absolute Gasteiger partial charge is 0.493 e. The Hall–Kier alpha value is -1.02. The Labute approximate surface area is 116 Å². The van der Waals surface area contributed by atoms with Gasteiger partial charge in [0.1, 0.15) is 5.75 Å². The summed E-state index contributed by atoms with van der Waals surface area (Å²) in [6, 6.07) is 7.41. The fourth-order valence-corrected chi connectivity index (χ4v) is 2.97. The standard InChI is InChI=1S/C17H25NO/c1-2-16(12-13-3-4-13)18-9-7-14-5-6-17-15(11-14)8-10-19-17/h5-6,11,13,16,18H,2-4,7-10,12H2,1H3. The van der Waals surface area contributed by atoms with Gasteiger partial charge < -0.3 is 10.1 Å². The summed E-state index contributed by atoms with van der Waals surface area (Å²) < 4.78 is 5.55. The number of nitrogens with one attached hydrogen (secondary N) is 1. The van der Waals surface area contributed by atoms with Crippen molar-refractivity contribution in [1.82, 2.24) is 5.32 Å². The molecule has 0 saturated heterocycles. The zero-order chi connectivity index (χ0) is 13.1. The van der Waals surface area contributed by atoms with Gasteiger partial charge >= 0.3 is 0 Å². The maximum atomic E-state index is 5.55. The predicted octanol–water partition coefficient (Wildman–Crippen LogP) is 3.33. The first-order valence-electron chi connectivity index (χ1n) is 7.83. The van der Waals surface area contributed by atoms with E-state index in [-0.39, 0.29) is 0 Å². The summed E-state index contributed by atoms with van der Waals surface area (Å²) in [4.78, 5) is 0. The van der Waals surface area contributed by atoms with E-state index in [4.69, 9.17) is 4.74 Å². The third-order valence-corrected chi connectivity index (χ3v) is 4.41. The Morgan fingerprint density at radius 2 is 2.26 bits per heavy atom. The predicted molar refractivity (Wildman–Crippen MR) is 78.8 cm³/mol. The van der Waals surface area contributed by atoms with Gasteiger partial charge in [0.2, 0.25) is 0 Å². The smallest absolute Gasteiger partial charge is 0.122 e. The molecule has 0 aromatic heterocycles. The molecule has 1 aromatic rings. The molecule has 1 aliphatic heterocycles. The second kappa shape index (κ2) is 5.96. The summed E-state index contributed by atoms with van der Waals surface area (Å²) in [6.45, 7) is 4.26. The van der Waals surface area contributed by atoms with Crippen LogP contribution in [0.2, 0.25) is 0 Å². The Morgan fingerprint density at radius 1 is 1.37 bits per heavy atom. The molecule has 1 fully saturated rings. The van der Waals surface area contributed by atoms with E-state index >= 15 is 0 Å². The van der Waals surface area contributed by atoms with Crippen LogP contribution >= 0.6 is 0 Å². The van der Waals surface area contributed by atoms with Crippen molar-refractivity contribution in [2.24, 2.45) is 5.92 Å². The van der Waals surface area contributed by atoms with Gasteiger partial charge in [0, 0.05) is 12.5 Å². The molecular weight excluding hydrogens is 234 g/mol. The number of hydrogen-bond acceptors (Lipinski definition) is 2. The van der Waals surface area contributed by atoms with Gasteiger partial charge in [-0.05, 0) is 48.9 Å². The van der Waals surface area contributed by atoms with Crippen molar-refractivity contribution in [1.29, 1.82) is 0 Å². The van der Waals surface area contributed by atoms with E-state index in [1.54, 1.807) is 0 Å². The normalized spacial score (nSPS) is 19.0. The van der Waals surface area contributed by atoms with Gasteiger partial charge in [-0.1, -0.05) is 31.9 Å². The van der Waals surface area contributed by atoms with E-state index in [9.17, 15) is 0 Å². The van der Waals surface area contributed by atoms with Gasteiger partial charge in [0.25, 0.3) is 0 Å². The molecule has 2 nitrogen and oxygen atoms in total. The first kappa shape index (κ1) is 13.0. The van der Waals surface area contributed by atoms with Crippen LogP contribution in [0.4, 0.5) is 0 Å². The highest BCUT2D eigenvalue weighted by atomic mass is 16.5. The summed E-state index contributed by atoms with van der Waals surface area (Å²) in [6.07, 6.45) is 7.78. The molecule has 2 heteroatoms. The van der Waals surface area contributed by atoms with Crippen molar-refractivity contribution in [2.75, 3.05) is 13.2 Å². The molecule has 19 heavy (non-hydrogen) atoms. The number of fused-ring (bicyclic) bond motifs is 1. The fourth-order valence-electron chi connectivity index (χ4n) is 2.97.